The van der Waals surface area contributed by atoms with Gasteiger partial charge in [-0.1, -0.05) is 32.0 Å². The van der Waals surface area contributed by atoms with Crippen molar-refractivity contribution in [2.24, 2.45) is 5.10 Å². The van der Waals surface area contributed by atoms with Crippen molar-refractivity contribution in [1.82, 2.24) is 4.90 Å². The number of likely N-dealkylation sites (tertiary alicyclic amines) is 1. The summed E-state index contributed by atoms with van der Waals surface area (Å²) >= 11 is 0. The van der Waals surface area contributed by atoms with Crippen LogP contribution >= 0.6 is 0 Å². The lowest BCUT2D eigenvalue weighted by Gasteiger charge is -2.37. The molecule has 1 aromatic rings. The number of hydrogen-bond donors (Lipinski definition) is 0. The molecule has 0 saturated carbocycles. The molecule has 2 aliphatic heterocycles. The van der Waals surface area contributed by atoms with Crippen LogP contribution in [0.2, 0.25) is 0 Å². The molecule has 3 rings (SSSR count). The Morgan fingerprint density at radius 3 is 2.35 bits per heavy atom. The number of hydrogen-bond acceptors (Lipinski definition) is 4. The van der Waals surface area contributed by atoms with Crippen LogP contribution in [-0.2, 0) is 9.47 Å². The summed E-state index contributed by atoms with van der Waals surface area (Å²) < 4.78 is 17.1. The lowest BCUT2D eigenvalue weighted by molar-refractivity contribution is -0.181. The first-order valence-corrected chi connectivity index (χ1v) is 8.01. The van der Waals surface area contributed by atoms with Gasteiger partial charge in [0.15, 0.2) is 5.79 Å². The molecular formula is C17H23N3O3. The Morgan fingerprint density at radius 2 is 1.78 bits per heavy atom. The number of piperidine rings is 1. The third kappa shape index (κ3) is 4.44. The monoisotopic (exact) mass is 317 g/mol. The Morgan fingerprint density at radius 1 is 1.17 bits per heavy atom. The molecule has 0 aromatic heterocycles. The summed E-state index contributed by atoms with van der Waals surface area (Å²) in [6.45, 7) is 13.7. The van der Waals surface area contributed by atoms with E-state index in [0.717, 1.165) is 12.8 Å². The van der Waals surface area contributed by atoms with E-state index >= 15 is 0 Å². The van der Waals surface area contributed by atoms with Gasteiger partial charge < -0.3 is 19.1 Å². The maximum atomic E-state index is 6.96. The van der Waals surface area contributed by atoms with E-state index in [1.807, 2.05) is 49.1 Å². The van der Waals surface area contributed by atoms with Crippen molar-refractivity contribution in [2.75, 3.05) is 26.3 Å². The van der Waals surface area contributed by atoms with E-state index in [4.69, 9.17) is 20.8 Å². The van der Waals surface area contributed by atoms with Crippen molar-refractivity contribution >= 4 is 6.02 Å². The van der Waals surface area contributed by atoms with Crippen LogP contribution in [0.3, 0.4) is 0 Å². The first-order chi connectivity index (χ1) is 11.3. The number of nitrogens with zero attached hydrogens (tertiary/aromatic N) is 3. The molecule has 23 heavy (non-hydrogen) atoms. The fourth-order valence-corrected chi connectivity index (χ4v) is 2.61. The van der Waals surface area contributed by atoms with Gasteiger partial charge in [0.2, 0.25) is 0 Å². The summed E-state index contributed by atoms with van der Waals surface area (Å²) in [7, 11) is 0. The normalized spacial score (nSPS) is 19.7. The first kappa shape index (κ1) is 17.3. The van der Waals surface area contributed by atoms with Crippen LogP contribution in [0.4, 0.5) is 0 Å². The van der Waals surface area contributed by atoms with Crippen molar-refractivity contribution in [1.29, 1.82) is 0 Å². The minimum atomic E-state index is -0.438. The summed E-state index contributed by atoms with van der Waals surface area (Å²) in [5.74, 6) is 0.237. The lowest BCUT2D eigenvalue weighted by Crippen LogP contribution is -2.48. The van der Waals surface area contributed by atoms with Crippen molar-refractivity contribution in [3.8, 4) is 5.75 Å². The van der Waals surface area contributed by atoms with Crippen LogP contribution < -0.4 is 4.74 Å². The highest BCUT2D eigenvalue weighted by molar-refractivity contribution is 5.76. The maximum absolute atomic E-state index is 6.96. The molecule has 0 radical (unpaired) electrons. The second-order valence-corrected chi connectivity index (χ2v) is 4.99. The largest absolute Gasteiger partial charge is 0.421 e. The van der Waals surface area contributed by atoms with Gasteiger partial charge in [-0.05, 0) is 12.1 Å². The minimum absolute atomic E-state index is 0.337. The zero-order chi connectivity index (χ0) is 16.5. The molecule has 0 aliphatic carbocycles. The SMILES string of the molecule is CC.[C-]#[N+]/N=C(\Oc1ccccc1)N1CCC2(CC1)OCCO2. The second kappa shape index (κ2) is 8.51. The van der Waals surface area contributed by atoms with Crippen LogP contribution in [0.1, 0.15) is 26.7 Å². The van der Waals surface area contributed by atoms with E-state index in [-0.39, 0.29) is 0 Å². The third-order valence-electron chi connectivity index (χ3n) is 3.70. The molecule has 0 atom stereocenters. The Bertz CT molecular complexity index is 538. The van der Waals surface area contributed by atoms with E-state index in [2.05, 4.69) is 10.1 Å². The first-order valence-electron chi connectivity index (χ1n) is 8.01. The summed E-state index contributed by atoms with van der Waals surface area (Å²) in [6, 6.07) is 9.70. The molecule has 6 heteroatoms. The average Bonchev–Trinajstić information content (AvgIpc) is 3.06. The predicted molar refractivity (Wildman–Crippen MR) is 87.9 cm³/mol. The molecule has 2 fully saturated rings. The van der Waals surface area contributed by atoms with Crippen molar-refractivity contribution in [3.05, 3.63) is 41.9 Å². The molecule has 2 saturated heterocycles. The predicted octanol–water partition coefficient (Wildman–Crippen LogP) is 3.12. The Hall–Kier alpha value is -2.10. The molecule has 124 valence electrons. The van der Waals surface area contributed by atoms with Crippen LogP contribution in [0.5, 0.6) is 5.75 Å². The summed E-state index contributed by atoms with van der Waals surface area (Å²) in [6.07, 6.45) is 1.50. The Kier molecular flexibility index (Phi) is 6.39. The number of rotatable bonds is 1. The van der Waals surface area contributed by atoms with Gasteiger partial charge in [-0.15, -0.1) is 4.95 Å². The fourth-order valence-electron chi connectivity index (χ4n) is 2.61. The quantitative estimate of drug-likeness (QED) is 0.345. The minimum Gasteiger partial charge on any atom is -0.421 e. The van der Waals surface area contributed by atoms with E-state index in [1.165, 1.54) is 0 Å². The topological polar surface area (TPSA) is 47.7 Å². The Balaban J connectivity index is 0.000000924. The summed E-state index contributed by atoms with van der Waals surface area (Å²) in [5, 5.41) is 3.79. The maximum Gasteiger partial charge on any atom is 0.376 e. The molecule has 0 N–H and O–H groups in total. The molecule has 6 nitrogen and oxygen atoms in total. The van der Waals surface area contributed by atoms with Crippen LogP contribution in [0, 0.1) is 6.57 Å². The van der Waals surface area contributed by atoms with Gasteiger partial charge in [0.05, 0.1) is 13.2 Å². The zero-order valence-corrected chi connectivity index (χ0v) is 13.7. The second-order valence-electron chi connectivity index (χ2n) is 4.99. The van der Waals surface area contributed by atoms with Crippen LogP contribution in [0.25, 0.3) is 4.95 Å². The molecule has 2 aliphatic rings. The number of para-hydroxylation sites is 1. The number of amidine groups is 1. The fraction of sp³-hybridized carbons (Fsp3) is 0.529. The van der Waals surface area contributed by atoms with Crippen molar-refractivity contribution in [3.63, 3.8) is 0 Å². The van der Waals surface area contributed by atoms with Gasteiger partial charge >= 0.3 is 6.02 Å². The smallest absolute Gasteiger partial charge is 0.376 e. The Labute approximate surface area is 137 Å². The van der Waals surface area contributed by atoms with Crippen molar-refractivity contribution in [2.45, 2.75) is 32.5 Å². The molecule has 2 heterocycles. The van der Waals surface area contributed by atoms with E-state index < -0.39 is 5.79 Å². The van der Waals surface area contributed by atoms with Gasteiger partial charge in [-0.25, -0.2) is 0 Å². The molecule has 0 bridgehead atoms. The number of benzene rings is 1. The van der Waals surface area contributed by atoms with E-state index in [0.29, 0.717) is 38.1 Å². The summed E-state index contributed by atoms with van der Waals surface area (Å²) in [5.41, 5.74) is 0. The number of ether oxygens (including phenoxy) is 3. The van der Waals surface area contributed by atoms with Gasteiger partial charge in [-0.2, -0.15) is 6.57 Å². The van der Waals surface area contributed by atoms with Gasteiger partial charge in [0, 0.05) is 25.9 Å². The highest BCUT2D eigenvalue weighted by Gasteiger charge is 2.41. The van der Waals surface area contributed by atoms with Crippen LogP contribution in [0.15, 0.2) is 35.4 Å². The lowest BCUT2D eigenvalue weighted by atomic mass is 10.0. The molecule has 0 amide bonds. The van der Waals surface area contributed by atoms with E-state index in [1.54, 1.807) is 0 Å². The third-order valence-corrected chi connectivity index (χ3v) is 3.70. The van der Waals surface area contributed by atoms with E-state index in [9.17, 15) is 0 Å². The highest BCUT2D eigenvalue weighted by atomic mass is 16.7. The molecular weight excluding hydrogens is 294 g/mol. The zero-order valence-electron chi connectivity index (χ0n) is 13.7. The molecule has 1 spiro atoms. The van der Waals surface area contributed by atoms with Crippen LogP contribution in [-0.4, -0.2) is 43.0 Å². The standard InChI is InChI=1S/C15H17N3O3.C2H6/c1-16-17-14(21-13-5-3-2-4-6-13)18-9-7-15(8-10-18)19-11-12-20-15;1-2/h2-6H,7-12H2;1-2H3/b17-14-;. The molecule has 0 unspecified atom stereocenters. The highest BCUT2D eigenvalue weighted by Crippen LogP contribution is 2.31. The van der Waals surface area contributed by atoms with Crippen molar-refractivity contribution < 1.29 is 14.2 Å². The summed E-state index contributed by atoms with van der Waals surface area (Å²) in [4.78, 5) is 5.06. The average molecular weight is 317 g/mol. The van der Waals surface area contributed by atoms with Gasteiger partial charge in [0.1, 0.15) is 10.9 Å². The van der Waals surface area contributed by atoms with Gasteiger partial charge in [-0.3, -0.25) is 0 Å². The molecule has 1 aromatic carbocycles. The van der Waals surface area contributed by atoms with Gasteiger partial charge in [0.25, 0.3) is 0 Å².